The van der Waals surface area contributed by atoms with Gasteiger partial charge in [-0.1, -0.05) is 5.92 Å². The van der Waals surface area contributed by atoms with Crippen molar-refractivity contribution in [2.45, 2.75) is 77.2 Å². The molecule has 16 nitrogen and oxygen atoms in total. The fourth-order valence-corrected chi connectivity index (χ4v) is 5.16. The lowest BCUT2D eigenvalue weighted by atomic mass is 9.99. The molecule has 0 aromatic carbocycles. The number of nitrogens with one attached hydrogen (secondary N) is 1. The first kappa shape index (κ1) is 32.5. The van der Waals surface area contributed by atoms with E-state index in [0.29, 0.717) is 0 Å². The second-order valence-corrected chi connectivity index (χ2v) is 11.6. The molecule has 3 rings (SSSR count). The summed E-state index contributed by atoms with van der Waals surface area (Å²) in [6.07, 6.45) is 2.77. The molecule has 0 spiro atoms. The van der Waals surface area contributed by atoms with Crippen molar-refractivity contribution in [2.24, 2.45) is 0 Å². The summed E-state index contributed by atoms with van der Waals surface area (Å²) >= 11 is 5.94. The number of imidazole rings is 1. The fourth-order valence-electron chi connectivity index (χ4n) is 3.63. The highest BCUT2D eigenvalue weighted by molar-refractivity contribution is 7.51. The van der Waals surface area contributed by atoms with Crippen molar-refractivity contribution in [3.05, 3.63) is 11.6 Å². The number of carbonyl (C=O) groups is 2. The molecule has 0 amide bonds. The highest BCUT2D eigenvalue weighted by Gasteiger charge is 2.50. The van der Waals surface area contributed by atoms with E-state index < -0.39 is 69.5 Å². The van der Waals surface area contributed by atoms with Crippen LogP contribution in [0, 0.1) is 12.3 Å². The van der Waals surface area contributed by atoms with Crippen molar-refractivity contribution in [1.29, 1.82) is 0 Å². The van der Waals surface area contributed by atoms with Gasteiger partial charge in [0.1, 0.15) is 30.5 Å². The summed E-state index contributed by atoms with van der Waals surface area (Å²) in [6.45, 7) is 6.27. The van der Waals surface area contributed by atoms with E-state index in [4.69, 9.17) is 51.8 Å². The second kappa shape index (κ2) is 13.3. The average molecular weight is 619 g/mol. The molecule has 3 heterocycles. The summed E-state index contributed by atoms with van der Waals surface area (Å²) in [5.41, 5.74) is 4.50. The van der Waals surface area contributed by atoms with Gasteiger partial charge < -0.3 is 29.8 Å². The van der Waals surface area contributed by atoms with Crippen molar-refractivity contribution < 1.29 is 47.3 Å². The van der Waals surface area contributed by atoms with Gasteiger partial charge in [-0.2, -0.15) is 9.97 Å². The van der Waals surface area contributed by atoms with Gasteiger partial charge in [0.15, 0.2) is 17.1 Å². The van der Waals surface area contributed by atoms with Crippen LogP contribution in [-0.2, 0) is 37.4 Å². The predicted octanol–water partition coefficient (Wildman–Crippen LogP) is 2.30. The number of halogens is 1. The summed E-state index contributed by atoms with van der Waals surface area (Å²) < 4.78 is 46.5. The number of rotatable bonds is 12. The number of esters is 1. The number of nitrogens with zero attached hydrogens (tertiary/aromatic N) is 4. The second-order valence-electron chi connectivity index (χ2n) is 9.47. The van der Waals surface area contributed by atoms with Gasteiger partial charge in [0.05, 0.1) is 18.5 Å². The number of terminal acetylenes is 1. The number of hydrogen-bond acceptors (Lipinski definition) is 14. The number of aliphatic hydroxyl groups excluding tert-OH is 1. The van der Waals surface area contributed by atoms with Gasteiger partial charge in [-0.3, -0.25) is 18.4 Å². The molecule has 5 atom stereocenters. The zero-order valence-electron chi connectivity index (χ0n) is 23.0. The van der Waals surface area contributed by atoms with E-state index in [1.165, 1.54) is 17.8 Å². The van der Waals surface area contributed by atoms with Gasteiger partial charge in [-0.15, -0.1) is 6.42 Å². The molecule has 0 unspecified atom stereocenters. The molecule has 41 heavy (non-hydrogen) atoms. The Balaban J connectivity index is 1.79. The highest BCUT2D eigenvalue weighted by atomic mass is 35.5. The minimum absolute atomic E-state index is 0.0395. The Kier molecular flexibility index (Phi) is 10.5. The molecule has 2 aromatic rings. The zero-order chi connectivity index (χ0) is 30.5. The van der Waals surface area contributed by atoms with Crippen LogP contribution in [-0.4, -0.2) is 80.1 Å². The number of aliphatic hydroxyl groups is 1. The summed E-state index contributed by atoms with van der Waals surface area (Å²) in [7, 11) is -4.47. The molecular weight excluding hydrogens is 587 g/mol. The lowest BCUT2D eigenvalue weighted by Gasteiger charge is -2.29. The number of carbonyl (C=O) groups excluding carboxylic acids is 2. The van der Waals surface area contributed by atoms with Gasteiger partial charge in [0.25, 0.3) is 0 Å². The van der Waals surface area contributed by atoms with Crippen molar-refractivity contribution in [2.75, 3.05) is 19.1 Å². The maximum Gasteiger partial charge on any atom is 0.510 e. The molecule has 226 valence electrons. The SMILES string of the molecule is C#C[C@]1(CO[P@@](=O)(N[C@H](C)C(=O)OC(C)C)OCOC(=O)OC(C)C)O[C@@H](n2cnc3c(N)nc(Cl)nc32)C[C@@H]1O. The van der Waals surface area contributed by atoms with Crippen molar-refractivity contribution in [3.8, 4) is 12.3 Å². The van der Waals surface area contributed by atoms with E-state index in [2.05, 4.69) is 26.0 Å². The fraction of sp³-hybridized carbons (Fsp3) is 0.609. The molecule has 1 saturated heterocycles. The minimum Gasteiger partial charge on any atom is -0.462 e. The largest absolute Gasteiger partial charge is 0.510 e. The van der Waals surface area contributed by atoms with Crippen LogP contribution in [0.4, 0.5) is 10.6 Å². The first-order chi connectivity index (χ1) is 19.2. The minimum atomic E-state index is -4.47. The Bertz CT molecular complexity index is 1350. The van der Waals surface area contributed by atoms with Gasteiger partial charge >= 0.3 is 19.9 Å². The van der Waals surface area contributed by atoms with E-state index in [1.54, 1.807) is 27.7 Å². The Morgan fingerprint density at radius 1 is 1.29 bits per heavy atom. The number of nitrogens with two attached hydrogens (primary N) is 1. The van der Waals surface area contributed by atoms with Gasteiger partial charge in [-0.05, 0) is 46.2 Å². The number of ether oxygens (including phenoxy) is 4. The van der Waals surface area contributed by atoms with Crippen LogP contribution in [0.2, 0.25) is 5.28 Å². The maximum absolute atomic E-state index is 13.6. The van der Waals surface area contributed by atoms with Crippen LogP contribution in [0.1, 0.15) is 47.3 Å². The normalized spacial score (nSPS) is 22.8. The predicted molar refractivity (Wildman–Crippen MR) is 143 cm³/mol. The Morgan fingerprint density at radius 3 is 2.61 bits per heavy atom. The standard InChI is InChI=1S/C23H32ClN6O10P/c1-7-23(15(31)8-16(40-23)30-10-26-17-18(25)27-21(24)28-19(17)30)9-36-41(34,29-14(6)20(32)38-12(2)3)37-11-35-22(33)39-13(4)5/h1,10,12-16,31H,8-9,11H2,2-6H3,(H,29,34)(H2,25,27,28)/t14-,15+,16-,23-,41+/m1/s1. The third kappa shape index (κ3) is 8.04. The van der Waals surface area contributed by atoms with Gasteiger partial charge in [0, 0.05) is 6.42 Å². The molecule has 0 bridgehead atoms. The monoisotopic (exact) mass is 618 g/mol. The first-order valence-corrected chi connectivity index (χ1v) is 14.3. The smallest absolute Gasteiger partial charge is 0.462 e. The van der Waals surface area contributed by atoms with Crippen LogP contribution in [0.3, 0.4) is 0 Å². The molecule has 2 aromatic heterocycles. The molecule has 0 radical (unpaired) electrons. The van der Waals surface area contributed by atoms with Crippen molar-refractivity contribution in [3.63, 3.8) is 0 Å². The number of nitrogen functional groups attached to an aromatic ring is 1. The quantitative estimate of drug-likeness (QED) is 0.102. The number of hydrogen-bond donors (Lipinski definition) is 3. The van der Waals surface area contributed by atoms with Gasteiger partial charge in [-0.25, -0.2) is 19.4 Å². The Labute approximate surface area is 240 Å². The molecule has 1 fully saturated rings. The van der Waals surface area contributed by atoms with E-state index in [1.807, 2.05) is 0 Å². The molecule has 1 aliphatic heterocycles. The van der Waals surface area contributed by atoms with Gasteiger partial charge in [0.2, 0.25) is 12.1 Å². The molecule has 18 heteroatoms. The molecule has 4 N–H and O–H groups in total. The van der Waals surface area contributed by atoms with E-state index in [-0.39, 0.29) is 28.7 Å². The Hall–Kier alpha value is -3.03. The number of aromatic nitrogens is 4. The van der Waals surface area contributed by atoms with E-state index >= 15 is 0 Å². The third-order valence-corrected chi connectivity index (χ3v) is 7.31. The lowest BCUT2D eigenvalue weighted by Crippen LogP contribution is -2.43. The topological polar surface area (TPSA) is 208 Å². The zero-order valence-corrected chi connectivity index (χ0v) is 24.6. The van der Waals surface area contributed by atoms with Crippen molar-refractivity contribution >= 4 is 48.5 Å². The van der Waals surface area contributed by atoms with E-state index in [9.17, 15) is 19.3 Å². The van der Waals surface area contributed by atoms with Crippen molar-refractivity contribution in [1.82, 2.24) is 24.6 Å². The summed E-state index contributed by atoms with van der Waals surface area (Å²) in [5, 5.41) is 13.2. The number of fused-ring (bicyclic) bond motifs is 1. The lowest BCUT2D eigenvalue weighted by molar-refractivity contribution is -0.149. The third-order valence-electron chi connectivity index (χ3n) is 5.52. The summed E-state index contributed by atoms with van der Waals surface area (Å²) in [4.78, 5) is 36.2. The Morgan fingerprint density at radius 2 is 1.98 bits per heavy atom. The molecular formula is C23H32ClN6O10P. The molecule has 0 saturated carbocycles. The average Bonchev–Trinajstić information content (AvgIpc) is 3.43. The van der Waals surface area contributed by atoms with E-state index in [0.717, 1.165) is 0 Å². The molecule has 1 aliphatic rings. The highest BCUT2D eigenvalue weighted by Crippen LogP contribution is 2.47. The first-order valence-electron chi connectivity index (χ1n) is 12.4. The molecule has 0 aliphatic carbocycles. The van der Waals surface area contributed by atoms with Crippen LogP contribution >= 0.6 is 19.3 Å². The van der Waals surface area contributed by atoms with Crippen LogP contribution in [0.15, 0.2) is 6.33 Å². The number of anilines is 1. The maximum atomic E-state index is 13.6. The van der Waals surface area contributed by atoms with Crippen LogP contribution < -0.4 is 10.8 Å². The van der Waals surface area contributed by atoms with Crippen LogP contribution in [0.5, 0.6) is 0 Å². The summed E-state index contributed by atoms with van der Waals surface area (Å²) in [5.74, 6) is 1.62. The summed E-state index contributed by atoms with van der Waals surface area (Å²) in [6, 6.07) is -1.19. The van der Waals surface area contributed by atoms with Crippen LogP contribution in [0.25, 0.3) is 11.2 Å².